The van der Waals surface area contributed by atoms with Crippen LogP contribution in [0.25, 0.3) is 0 Å². The Balaban J connectivity index is 2.09. The first-order valence-corrected chi connectivity index (χ1v) is 8.46. The number of carbonyl (C=O) groups is 1. The normalized spacial score (nSPS) is 18.8. The highest BCUT2D eigenvalue weighted by atomic mass is 79.9. The Hall–Kier alpha value is -0.390. The van der Waals surface area contributed by atoms with Crippen molar-refractivity contribution in [3.63, 3.8) is 0 Å². The second-order valence-electron chi connectivity index (χ2n) is 4.94. The van der Waals surface area contributed by atoms with Crippen LogP contribution in [0.5, 0.6) is 0 Å². The third-order valence-corrected chi connectivity index (χ3v) is 5.54. The predicted molar refractivity (Wildman–Crippen MR) is 81.4 cm³/mol. The van der Waals surface area contributed by atoms with E-state index in [9.17, 15) is 4.79 Å². The number of carbonyl (C=O) groups excluding carboxylic acids is 1. The van der Waals surface area contributed by atoms with Gasteiger partial charge in [0, 0.05) is 15.4 Å². The largest absolute Gasteiger partial charge is 0.468 e. The van der Waals surface area contributed by atoms with E-state index in [2.05, 4.69) is 21.2 Å². The lowest BCUT2D eigenvalue weighted by Crippen LogP contribution is -2.37. The van der Waals surface area contributed by atoms with E-state index in [0.29, 0.717) is 6.04 Å². The molecule has 106 valence electrons. The first kappa shape index (κ1) is 15.0. The van der Waals surface area contributed by atoms with Gasteiger partial charge in [0.05, 0.1) is 7.11 Å². The highest BCUT2D eigenvalue weighted by Crippen LogP contribution is 2.31. The van der Waals surface area contributed by atoms with E-state index in [1.165, 1.54) is 32.8 Å². The molecule has 1 saturated carbocycles. The summed E-state index contributed by atoms with van der Waals surface area (Å²) in [5, 5.41) is 5.49. The Bertz CT molecular complexity index is 413. The molecule has 1 atom stereocenters. The second-order valence-corrected chi connectivity index (χ2v) is 6.75. The van der Waals surface area contributed by atoms with Crippen LogP contribution in [0, 0.1) is 0 Å². The van der Waals surface area contributed by atoms with Crippen LogP contribution < -0.4 is 5.32 Å². The minimum Gasteiger partial charge on any atom is -0.468 e. The number of hydrogen-bond donors (Lipinski definition) is 1. The molecule has 1 fully saturated rings. The van der Waals surface area contributed by atoms with Crippen molar-refractivity contribution in [3.05, 3.63) is 20.8 Å². The molecule has 5 heteroatoms. The van der Waals surface area contributed by atoms with Gasteiger partial charge in [-0.25, -0.2) is 4.79 Å². The van der Waals surface area contributed by atoms with Crippen LogP contribution in [0.3, 0.4) is 0 Å². The van der Waals surface area contributed by atoms with Crippen molar-refractivity contribution < 1.29 is 9.53 Å². The summed E-state index contributed by atoms with van der Waals surface area (Å²) < 4.78 is 5.93. The van der Waals surface area contributed by atoms with Crippen molar-refractivity contribution in [2.75, 3.05) is 7.11 Å². The fourth-order valence-corrected chi connectivity index (χ4v) is 4.21. The van der Waals surface area contributed by atoms with E-state index in [-0.39, 0.29) is 12.0 Å². The Morgan fingerprint density at radius 3 is 2.63 bits per heavy atom. The van der Waals surface area contributed by atoms with Gasteiger partial charge in [-0.3, -0.25) is 5.32 Å². The molecule has 19 heavy (non-hydrogen) atoms. The molecule has 0 spiro atoms. The van der Waals surface area contributed by atoms with E-state index in [0.717, 1.165) is 22.2 Å². The Labute approximate surface area is 126 Å². The van der Waals surface area contributed by atoms with Crippen LogP contribution >= 0.6 is 27.3 Å². The smallest absolute Gasteiger partial charge is 0.328 e. The minimum atomic E-state index is -0.345. The lowest BCUT2D eigenvalue weighted by Gasteiger charge is -2.23. The quantitative estimate of drug-likeness (QED) is 0.661. The highest BCUT2D eigenvalue weighted by Gasteiger charge is 2.27. The Morgan fingerprint density at radius 1 is 1.42 bits per heavy atom. The van der Waals surface area contributed by atoms with Gasteiger partial charge in [0.25, 0.3) is 0 Å². The summed E-state index contributed by atoms with van der Waals surface area (Å²) in [6.07, 6.45) is 7.41. The second kappa shape index (κ2) is 7.41. The maximum Gasteiger partial charge on any atom is 0.328 e. The van der Waals surface area contributed by atoms with Crippen LogP contribution in [-0.4, -0.2) is 19.1 Å². The topological polar surface area (TPSA) is 38.3 Å². The zero-order valence-corrected chi connectivity index (χ0v) is 13.6. The molecule has 0 bridgehead atoms. The van der Waals surface area contributed by atoms with E-state index >= 15 is 0 Å². The number of ether oxygens (including phenoxy) is 1. The van der Waals surface area contributed by atoms with E-state index in [1.54, 1.807) is 11.3 Å². The van der Waals surface area contributed by atoms with Crippen LogP contribution in [-0.2, 0) is 9.53 Å². The van der Waals surface area contributed by atoms with Gasteiger partial charge in [0.2, 0.25) is 0 Å². The molecule has 1 unspecified atom stereocenters. The SMILES string of the molecule is COC(=O)C(NC1CCCCCC1)c1sccc1Br. The third-order valence-electron chi connectivity index (χ3n) is 3.60. The summed E-state index contributed by atoms with van der Waals surface area (Å²) in [5.74, 6) is -0.201. The van der Waals surface area contributed by atoms with E-state index in [1.807, 2.05) is 11.4 Å². The van der Waals surface area contributed by atoms with Crippen LogP contribution in [0.15, 0.2) is 15.9 Å². The van der Waals surface area contributed by atoms with Gasteiger partial charge in [-0.1, -0.05) is 25.7 Å². The summed E-state index contributed by atoms with van der Waals surface area (Å²) in [7, 11) is 1.45. The maximum absolute atomic E-state index is 12.0. The Kier molecular flexibility index (Phi) is 5.85. The number of nitrogens with one attached hydrogen (secondary N) is 1. The number of rotatable bonds is 4. The lowest BCUT2D eigenvalue weighted by molar-refractivity contribution is -0.143. The van der Waals surface area contributed by atoms with Crippen molar-refractivity contribution >= 4 is 33.2 Å². The van der Waals surface area contributed by atoms with Crippen LogP contribution in [0.1, 0.15) is 49.4 Å². The standard InChI is InChI=1S/C14H20BrNO2S/c1-18-14(17)12(13-11(15)8-9-19-13)16-10-6-4-2-3-5-7-10/h8-10,12,16H,2-7H2,1H3. The molecule has 1 aromatic heterocycles. The fourth-order valence-electron chi connectivity index (χ4n) is 2.56. The molecule has 3 nitrogen and oxygen atoms in total. The summed E-state index contributed by atoms with van der Waals surface area (Å²) in [5.41, 5.74) is 0. The highest BCUT2D eigenvalue weighted by molar-refractivity contribution is 9.10. The monoisotopic (exact) mass is 345 g/mol. The molecule has 2 rings (SSSR count). The van der Waals surface area contributed by atoms with Crippen molar-refractivity contribution in [2.45, 2.75) is 50.6 Å². The van der Waals surface area contributed by atoms with Crippen molar-refractivity contribution in [3.8, 4) is 0 Å². The summed E-state index contributed by atoms with van der Waals surface area (Å²) in [6, 6.07) is 2.05. The van der Waals surface area contributed by atoms with Crippen molar-refractivity contribution in [1.82, 2.24) is 5.32 Å². The maximum atomic E-state index is 12.0. The Morgan fingerprint density at radius 2 is 2.11 bits per heavy atom. The molecule has 1 aromatic rings. The molecular weight excluding hydrogens is 326 g/mol. The first-order valence-electron chi connectivity index (χ1n) is 6.79. The molecule has 1 N–H and O–H groups in total. The van der Waals surface area contributed by atoms with Crippen molar-refractivity contribution in [1.29, 1.82) is 0 Å². The molecule has 0 amide bonds. The number of thiophene rings is 1. The molecular formula is C14H20BrNO2S. The first-order chi connectivity index (χ1) is 9.22. The third kappa shape index (κ3) is 4.04. The van der Waals surface area contributed by atoms with Gasteiger partial charge in [-0.05, 0) is 40.2 Å². The molecule has 0 saturated heterocycles. The van der Waals surface area contributed by atoms with E-state index < -0.39 is 0 Å². The van der Waals surface area contributed by atoms with Gasteiger partial charge in [-0.15, -0.1) is 11.3 Å². The van der Waals surface area contributed by atoms with Gasteiger partial charge < -0.3 is 4.74 Å². The number of hydrogen-bond acceptors (Lipinski definition) is 4. The summed E-state index contributed by atoms with van der Waals surface area (Å²) in [6.45, 7) is 0. The molecule has 0 aromatic carbocycles. The lowest BCUT2D eigenvalue weighted by atomic mass is 10.1. The summed E-state index contributed by atoms with van der Waals surface area (Å²) >= 11 is 5.09. The molecule has 1 aliphatic rings. The zero-order chi connectivity index (χ0) is 13.7. The molecule has 0 radical (unpaired) electrons. The molecule has 1 aliphatic carbocycles. The van der Waals surface area contributed by atoms with Gasteiger partial charge in [0.15, 0.2) is 0 Å². The summed E-state index contributed by atoms with van der Waals surface area (Å²) in [4.78, 5) is 13.0. The zero-order valence-electron chi connectivity index (χ0n) is 11.2. The van der Waals surface area contributed by atoms with E-state index in [4.69, 9.17) is 4.74 Å². The molecule has 1 heterocycles. The van der Waals surface area contributed by atoms with Gasteiger partial charge >= 0.3 is 5.97 Å². The number of halogens is 1. The van der Waals surface area contributed by atoms with Gasteiger partial charge in [0.1, 0.15) is 6.04 Å². The number of esters is 1. The predicted octanol–water partition coefficient (Wildman–Crippen LogP) is 4.04. The molecule has 0 aliphatic heterocycles. The van der Waals surface area contributed by atoms with Crippen LogP contribution in [0.2, 0.25) is 0 Å². The minimum absolute atomic E-state index is 0.201. The van der Waals surface area contributed by atoms with Crippen molar-refractivity contribution in [2.24, 2.45) is 0 Å². The fraction of sp³-hybridized carbons (Fsp3) is 0.643. The van der Waals surface area contributed by atoms with Gasteiger partial charge in [-0.2, -0.15) is 0 Å². The van der Waals surface area contributed by atoms with Crippen LogP contribution in [0.4, 0.5) is 0 Å². The average Bonchev–Trinajstić information content (AvgIpc) is 2.68. The number of methoxy groups -OCH3 is 1. The average molecular weight is 346 g/mol.